The summed E-state index contributed by atoms with van der Waals surface area (Å²) in [6.07, 6.45) is 1.52. The highest BCUT2D eigenvalue weighted by atomic mass is 19.1. The third-order valence-electron chi connectivity index (χ3n) is 2.71. The van der Waals surface area contributed by atoms with E-state index in [0.29, 0.717) is 17.5 Å². The molecule has 0 amide bonds. The van der Waals surface area contributed by atoms with Gasteiger partial charge in [-0.25, -0.2) is 18.6 Å². The van der Waals surface area contributed by atoms with Crippen molar-refractivity contribution in [3.05, 3.63) is 53.2 Å². The standard InChI is InChI=1S/C14H12F2N2O3/c1-20-13-8(3-2-4-18-13)7-21-14(19)9-5-12(17)11(16)6-10(9)15/h2-6H,7,17H2,1H3. The van der Waals surface area contributed by atoms with Gasteiger partial charge in [-0.2, -0.15) is 0 Å². The SMILES string of the molecule is COc1ncccc1COC(=O)c1cc(N)c(F)cc1F. The van der Waals surface area contributed by atoms with Gasteiger partial charge in [-0.1, -0.05) is 0 Å². The number of ether oxygens (including phenoxy) is 2. The molecule has 5 nitrogen and oxygen atoms in total. The number of hydrogen-bond donors (Lipinski definition) is 1. The Kier molecular flexibility index (Phi) is 4.32. The molecule has 0 saturated heterocycles. The zero-order chi connectivity index (χ0) is 15.4. The summed E-state index contributed by atoms with van der Waals surface area (Å²) in [4.78, 5) is 15.7. The van der Waals surface area contributed by atoms with Gasteiger partial charge in [0.25, 0.3) is 0 Å². The van der Waals surface area contributed by atoms with Gasteiger partial charge in [0, 0.05) is 12.3 Å². The predicted octanol–water partition coefficient (Wildman–Crippen LogP) is 2.31. The maximum atomic E-state index is 13.5. The number of hydrogen-bond acceptors (Lipinski definition) is 5. The Morgan fingerprint density at radius 2 is 2.10 bits per heavy atom. The van der Waals surface area contributed by atoms with Gasteiger partial charge < -0.3 is 15.2 Å². The molecule has 2 aromatic rings. The van der Waals surface area contributed by atoms with Crippen molar-refractivity contribution in [2.45, 2.75) is 6.61 Å². The lowest BCUT2D eigenvalue weighted by Gasteiger charge is -2.09. The van der Waals surface area contributed by atoms with Gasteiger partial charge in [-0.05, 0) is 18.2 Å². The Morgan fingerprint density at radius 1 is 1.33 bits per heavy atom. The molecule has 1 aromatic heterocycles. The Balaban J connectivity index is 2.14. The van der Waals surface area contributed by atoms with Crippen molar-refractivity contribution in [2.24, 2.45) is 0 Å². The monoisotopic (exact) mass is 294 g/mol. The number of carbonyl (C=O) groups is 1. The summed E-state index contributed by atoms with van der Waals surface area (Å²) in [5.41, 5.74) is 5.05. The highest BCUT2D eigenvalue weighted by Gasteiger charge is 2.17. The second-order valence-electron chi connectivity index (χ2n) is 4.10. The zero-order valence-electron chi connectivity index (χ0n) is 11.1. The second-order valence-corrected chi connectivity index (χ2v) is 4.10. The number of carbonyl (C=O) groups excluding carboxylic acids is 1. The minimum absolute atomic E-state index is 0.160. The lowest BCUT2D eigenvalue weighted by Crippen LogP contribution is -2.10. The van der Waals surface area contributed by atoms with Crippen LogP contribution in [0.2, 0.25) is 0 Å². The Bertz CT molecular complexity index is 677. The third-order valence-corrected chi connectivity index (χ3v) is 2.71. The predicted molar refractivity (Wildman–Crippen MR) is 70.7 cm³/mol. The maximum absolute atomic E-state index is 13.5. The summed E-state index contributed by atoms with van der Waals surface area (Å²) in [5.74, 6) is -2.63. The topological polar surface area (TPSA) is 74.4 Å². The first kappa shape index (κ1) is 14.7. The van der Waals surface area contributed by atoms with Gasteiger partial charge in [0.15, 0.2) is 0 Å². The van der Waals surface area contributed by atoms with Crippen molar-refractivity contribution >= 4 is 11.7 Å². The molecule has 0 atom stereocenters. The number of benzene rings is 1. The lowest BCUT2D eigenvalue weighted by molar-refractivity contribution is 0.0464. The van der Waals surface area contributed by atoms with Crippen molar-refractivity contribution in [3.8, 4) is 5.88 Å². The molecule has 0 unspecified atom stereocenters. The molecule has 0 aliphatic heterocycles. The van der Waals surface area contributed by atoms with E-state index in [9.17, 15) is 13.6 Å². The number of nitrogens with zero attached hydrogens (tertiary/aromatic N) is 1. The molecule has 0 spiro atoms. The zero-order valence-corrected chi connectivity index (χ0v) is 11.1. The van der Waals surface area contributed by atoms with E-state index in [0.717, 1.165) is 6.07 Å². The van der Waals surface area contributed by atoms with Crippen LogP contribution in [0.15, 0.2) is 30.5 Å². The molecule has 110 valence electrons. The normalized spacial score (nSPS) is 10.2. The quantitative estimate of drug-likeness (QED) is 0.692. The molecular formula is C14H12F2N2O3. The van der Waals surface area contributed by atoms with Crippen molar-refractivity contribution < 1.29 is 23.0 Å². The molecule has 0 aliphatic rings. The first-order valence-corrected chi connectivity index (χ1v) is 5.92. The van der Waals surface area contributed by atoms with Gasteiger partial charge in [0.1, 0.15) is 18.2 Å². The maximum Gasteiger partial charge on any atom is 0.341 e. The van der Waals surface area contributed by atoms with Crippen LogP contribution in [0.1, 0.15) is 15.9 Å². The molecule has 2 rings (SSSR count). The number of nitrogens with two attached hydrogens (primary N) is 1. The van der Waals surface area contributed by atoms with Crippen LogP contribution in [0, 0.1) is 11.6 Å². The van der Waals surface area contributed by atoms with Crippen LogP contribution in [-0.4, -0.2) is 18.1 Å². The summed E-state index contributed by atoms with van der Waals surface area (Å²) in [6.45, 7) is -0.160. The molecule has 21 heavy (non-hydrogen) atoms. The number of pyridine rings is 1. The lowest BCUT2D eigenvalue weighted by atomic mass is 10.2. The van der Waals surface area contributed by atoms with Gasteiger partial charge in [-0.15, -0.1) is 0 Å². The van der Waals surface area contributed by atoms with Crippen LogP contribution in [0.3, 0.4) is 0 Å². The van der Waals surface area contributed by atoms with Crippen LogP contribution >= 0.6 is 0 Å². The average Bonchev–Trinajstić information content (AvgIpc) is 2.48. The highest BCUT2D eigenvalue weighted by molar-refractivity contribution is 5.90. The fourth-order valence-corrected chi connectivity index (χ4v) is 1.66. The van der Waals surface area contributed by atoms with Gasteiger partial charge in [0.05, 0.1) is 23.9 Å². The average molecular weight is 294 g/mol. The minimum atomic E-state index is -1.04. The summed E-state index contributed by atoms with van der Waals surface area (Å²) in [6, 6.07) is 4.72. The van der Waals surface area contributed by atoms with Crippen LogP contribution in [0.25, 0.3) is 0 Å². The number of rotatable bonds is 4. The van der Waals surface area contributed by atoms with E-state index in [4.69, 9.17) is 15.2 Å². The highest BCUT2D eigenvalue weighted by Crippen LogP contribution is 2.19. The fraction of sp³-hybridized carbons (Fsp3) is 0.143. The molecule has 0 saturated carbocycles. The van der Waals surface area contributed by atoms with E-state index in [-0.39, 0.29) is 12.3 Å². The molecule has 0 aliphatic carbocycles. The molecule has 2 N–H and O–H groups in total. The number of anilines is 1. The molecule has 7 heteroatoms. The van der Waals surface area contributed by atoms with Gasteiger partial charge in [0.2, 0.25) is 5.88 Å². The number of aromatic nitrogens is 1. The van der Waals surface area contributed by atoms with Crippen molar-refractivity contribution in [1.82, 2.24) is 4.98 Å². The molecular weight excluding hydrogens is 282 g/mol. The summed E-state index contributed by atoms with van der Waals surface area (Å²) in [5, 5.41) is 0. The van der Waals surface area contributed by atoms with Crippen LogP contribution < -0.4 is 10.5 Å². The minimum Gasteiger partial charge on any atom is -0.481 e. The molecule has 0 bridgehead atoms. The first-order chi connectivity index (χ1) is 10.0. The number of methoxy groups -OCH3 is 1. The van der Waals surface area contributed by atoms with E-state index >= 15 is 0 Å². The van der Waals surface area contributed by atoms with E-state index in [2.05, 4.69) is 4.98 Å². The first-order valence-electron chi connectivity index (χ1n) is 5.92. The van der Waals surface area contributed by atoms with E-state index in [1.54, 1.807) is 12.1 Å². The summed E-state index contributed by atoms with van der Waals surface area (Å²) < 4.78 is 36.5. The van der Waals surface area contributed by atoms with Gasteiger partial charge >= 0.3 is 5.97 Å². The molecule has 0 fully saturated rings. The number of halogens is 2. The van der Waals surface area contributed by atoms with Crippen molar-refractivity contribution in [1.29, 1.82) is 0 Å². The van der Waals surface area contributed by atoms with Crippen LogP contribution in [0.5, 0.6) is 5.88 Å². The van der Waals surface area contributed by atoms with E-state index in [1.807, 2.05) is 0 Å². The Labute approximate surface area is 119 Å². The van der Waals surface area contributed by atoms with Crippen molar-refractivity contribution in [3.63, 3.8) is 0 Å². The second kappa shape index (κ2) is 6.17. The fourth-order valence-electron chi connectivity index (χ4n) is 1.66. The summed E-state index contributed by atoms with van der Waals surface area (Å²) in [7, 11) is 1.42. The molecule has 0 radical (unpaired) electrons. The van der Waals surface area contributed by atoms with E-state index in [1.165, 1.54) is 13.3 Å². The third kappa shape index (κ3) is 3.25. The molecule has 1 heterocycles. The smallest absolute Gasteiger partial charge is 0.341 e. The summed E-state index contributed by atoms with van der Waals surface area (Å²) >= 11 is 0. The molecule has 1 aromatic carbocycles. The van der Waals surface area contributed by atoms with Gasteiger partial charge in [-0.3, -0.25) is 0 Å². The number of esters is 1. The Morgan fingerprint density at radius 3 is 2.81 bits per heavy atom. The largest absolute Gasteiger partial charge is 0.481 e. The van der Waals surface area contributed by atoms with Crippen LogP contribution in [-0.2, 0) is 11.3 Å². The van der Waals surface area contributed by atoms with Crippen molar-refractivity contribution in [2.75, 3.05) is 12.8 Å². The van der Waals surface area contributed by atoms with E-state index < -0.39 is 23.2 Å². The number of nitrogen functional groups attached to an aromatic ring is 1. The van der Waals surface area contributed by atoms with Crippen LogP contribution in [0.4, 0.5) is 14.5 Å². The Hall–Kier alpha value is -2.70.